The second kappa shape index (κ2) is 9.87. The van der Waals surface area contributed by atoms with E-state index in [1.165, 1.54) is 0 Å². The van der Waals surface area contributed by atoms with Gasteiger partial charge < -0.3 is 15.0 Å². The van der Waals surface area contributed by atoms with Gasteiger partial charge in [0.25, 0.3) is 0 Å². The Hall–Kier alpha value is -2.30. The highest BCUT2D eigenvalue weighted by Crippen LogP contribution is 2.27. The third-order valence-electron chi connectivity index (χ3n) is 4.26. The quantitative estimate of drug-likeness (QED) is 0.706. The van der Waals surface area contributed by atoms with Crippen LogP contribution in [0, 0.1) is 0 Å². The number of anilines is 1. The minimum absolute atomic E-state index is 0.133. The van der Waals surface area contributed by atoms with Gasteiger partial charge in [0, 0.05) is 30.7 Å². The van der Waals surface area contributed by atoms with Gasteiger partial charge >= 0.3 is 0 Å². The van der Waals surface area contributed by atoms with Crippen molar-refractivity contribution >= 4 is 22.5 Å². The number of methoxy groups -OCH3 is 1. The first-order chi connectivity index (χ1) is 12.2. The van der Waals surface area contributed by atoms with Crippen LogP contribution in [0.3, 0.4) is 0 Å². The summed E-state index contributed by atoms with van der Waals surface area (Å²) >= 11 is 0. The fourth-order valence-electron chi connectivity index (χ4n) is 2.76. The standard InChI is InChI=1S/C20H29N3O2/c1-4-6-11-23(12-7-5-2)19(24)15-22-18-14-17(25-3)13-16-9-8-10-21-20(16)18/h8-10,13-14,22H,4-7,11-12,15H2,1-3H3. The SMILES string of the molecule is CCCCN(CCCC)C(=O)CNc1cc(OC)cc2cccnc12. The molecule has 2 rings (SSSR count). The first kappa shape index (κ1) is 19.0. The van der Waals surface area contributed by atoms with Crippen LogP contribution in [0.4, 0.5) is 5.69 Å². The number of aromatic nitrogens is 1. The molecule has 0 radical (unpaired) electrons. The highest BCUT2D eigenvalue weighted by atomic mass is 16.5. The Bertz CT molecular complexity index is 680. The van der Waals surface area contributed by atoms with Gasteiger partial charge in [0.1, 0.15) is 5.75 Å². The summed E-state index contributed by atoms with van der Waals surface area (Å²) in [5, 5.41) is 4.25. The first-order valence-electron chi connectivity index (χ1n) is 9.14. The van der Waals surface area contributed by atoms with Crippen molar-refractivity contribution in [1.29, 1.82) is 0 Å². The molecule has 1 aromatic carbocycles. The lowest BCUT2D eigenvalue weighted by Crippen LogP contribution is -2.37. The van der Waals surface area contributed by atoms with Crippen LogP contribution in [0.1, 0.15) is 39.5 Å². The predicted octanol–water partition coefficient (Wildman–Crippen LogP) is 4.08. The Morgan fingerprint density at radius 2 is 1.92 bits per heavy atom. The van der Waals surface area contributed by atoms with Crippen LogP contribution >= 0.6 is 0 Å². The number of ether oxygens (including phenoxy) is 1. The molecule has 0 fully saturated rings. The number of unbranched alkanes of at least 4 members (excludes halogenated alkanes) is 2. The number of amides is 1. The number of nitrogens with one attached hydrogen (secondary N) is 1. The molecule has 0 saturated carbocycles. The molecule has 1 heterocycles. The molecule has 2 aromatic rings. The van der Waals surface area contributed by atoms with Gasteiger partial charge in [-0.1, -0.05) is 32.8 Å². The molecule has 0 bridgehead atoms. The highest BCUT2D eigenvalue weighted by Gasteiger charge is 2.13. The minimum atomic E-state index is 0.133. The van der Waals surface area contributed by atoms with Crippen molar-refractivity contribution in [1.82, 2.24) is 9.88 Å². The minimum Gasteiger partial charge on any atom is -0.497 e. The normalized spacial score (nSPS) is 10.7. The molecule has 0 saturated heterocycles. The van der Waals surface area contributed by atoms with Crippen molar-refractivity contribution in [2.24, 2.45) is 0 Å². The molecule has 5 heteroatoms. The highest BCUT2D eigenvalue weighted by molar-refractivity contribution is 5.93. The monoisotopic (exact) mass is 343 g/mol. The molecule has 1 amide bonds. The molecule has 1 aromatic heterocycles. The third-order valence-corrected chi connectivity index (χ3v) is 4.26. The van der Waals surface area contributed by atoms with Crippen LogP contribution in [0.25, 0.3) is 10.9 Å². The van der Waals surface area contributed by atoms with Crippen molar-refractivity contribution in [2.75, 3.05) is 32.1 Å². The molecule has 0 aliphatic rings. The van der Waals surface area contributed by atoms with E-state index in [9.17, 15) is 4.79 Å². The number of nitrogens with zero attached hydrogens (tertiary/aromatic N) is 2. The largest absolute Gasteiger partial charge is 0.497 e. The summed E-state index contributed by atoms with van der Waals surface area (Å²) in [6.45, 7) is 6.22. The molecule has 0 aliphatic carbocycles. The van der Waals surface area contributed by atoms with Crippen LogP contribution < -0.4 is 10.1 Å². The van der Waals surface area contributed by atoms with E-state index in [1.54, 1.807) is 13.3 Å². The fourth-order valence-corrected chi connectivity index (χ4v) is 2.76. The molecule has 0 aliphatic heterocycles. The summed E-state index contributed by atoms with van der Waals surface area (Å²) in [4.78, 5) is 19.0. The van der Waals surface area contributed by atoms with Gasteiger partial charge in [-0.3, -0.25) is 9.78 Å². The Morgan fingerprint density at radius 3 is 2.56 bits per heavy atom. The zero-order chi connectivity index (χ0) is 18.1. The van der Waals surface area contributed by atoms with Gasteiger partial charge in [-0.25, -0.2) is 0 Å². The molecule has 5 nitrogen and oxygen atoms in total. The van der Waals surface area contributed by atoms with Crippen LogP contribution in [0.2, 0.25) is 0 Å². The maximum atomic E-state index is 12.6. The maximum Gasteiger partial charge on any atom is 0.241 e. The summed E-state index contributed by atoms with van der Waals surface area (Å²) in [7, 11) is 1.64. The molecule has 136 valence electrons. The lowest BCUT2D eigenvalue weighted by molar-refractivity contribution is -0.129. The Labute approximate surface area is 150 Å². The first-order valence-corrected chi connectivity index (χ1v) is 9.14. The lowest BCUT2D eigenvalue weighted by Gasteiger charge is -2.23. The van der Waals surface area contributed by atoms with E-state index in [2.05, 4.69) is 24.1 Å². The molecule has 0 atom stereocenters. The Morgan fingerprint density at radius 1 is 1.20 bits per heavy atom. The molecule has 1 N–H and O–H groups in total. The van der Waals surface area contributed by atoms with E-state index in [4.69, 9.17) is 4.74 Å². The molecule has 0 unspecified atom stereocenters. The van der Waals surface area contributed by atoms with E-state index in [0.29, 0.717) is 0 Å². The zero-order valence-electron chi connectivity index (χ0n) is 15.5. The zero-order valence-corrected chi connectivity index (χ0v) is 15.5. The number of carbonyl (C=O) groups excluding carboxylic acids is 1. The van der Waals surface area contributed by atoms with Gasteiger partial charge in [-0.2, -0.15) is 0 Å². The summed E-state index contributed by atoms with van der Waals surface area (Å²) in [5.74, 6) is 0.887. The average molecular weight is 343 g/mol. The van der Waals surface area contributed by atoms with E-state index in [1.807, 2.05) is 29.2 Å². The van der Waals surface area contributed by atoms with Crippen molar-refractivity contribution in [3.05, 3.63) is 30.5 Å². The number of benzene rings is 1. The average Bonchev–Trinajstić information content (AvgIpc) is 2.65. The van der Waals surface area contributed by atoms with Crippen molar-refractivity contribution < 1.29 is 9.53 Å². The molecule has 0 spiro atoms. The summed E-state index contributed by atoms with van der Waals surface area (Å²) in [6.07, 6.45) is 6.02. The summed E-state index contributed by atoms with van der Waals surface area (Å²) < 4.78 is 5.36. The third kappa shape index (κ3) is 5.34. The lowest BCUT2D eigenvalue weighted by atomic mass is 10.1. The number of carbonyl (C=O) groups is 1. The van der Waals surface area contributed by atoms with E-state index in [-0.39, 0.29) is 12.5 Å². The van der Waals surface area contributed by atoms with E-state index >= 15 is 0 Å². The van der Waals surface area contributed by atoms with Crippen LogP contribution in [-0.4, -0.2) is 42.5 Å². The van der Waals surface area contributed by atoms with Crippen LogP contribution in [0.15, 0.2) is 30.5 Å². The second-order valence-electron chi connectivity index (χ2n) is 6.19. The number of hydrogen-bond acceptors (Lipinski definition) is 4. The van der Waals surface area contributed by atoms with Crippen molar-refractivity contribution in [3.63, 3.8) is 0 Å². The van der Waals surface area contributed by atoms with E-state index in [0.717, 1.165) is 61.1 Å². The topological polar surface area (TPSA) is 54.5 Å². The van der Waals surface area contributed by atoms with Gasteiger partial charge in [-0.05, 0) is 25.0 Å². The number of hydrogen-bond donors (Lipinski definition) is 1. The molecule has 25 heavy (non-hydrogen) atoms. The Balaban J connectivity index is 2.10. The Kier molecular flexibility index (Phi) is 7.51. The number of rotatable bonds is 10. The van der Waals surface area contributed by atoms with Crippen molar-refractivity contribution in [3.8, 4) is 5.75 Å². The van der Waals surface area contributed by atoms with E-state index < -0.39 is 0 Å². The number of pyridine rings is 1. The van der Waals surface area contributed by atoms with Gasteiger partial charge in [0.15, 0.2) is 0 Å². The smallest absolute Gasteiger partial charge is 0.241 e. The predicted molar refractivity (Wildman–Crippen MR) is 103 cm³/mol. The van der Waals surface area contributed by atoms with Crippen LogP contribution in [0.5, 0.6) is 5.75 Å². The van der Waals surface area contributed by atoms with Crippen LogP contribution in [-0.2, 0) is 4.79 Å². The van der Waals surface area contributed by atoms with Gasteiger partial charge in [0.05, 0.1) is 24.9 Å². The van der Waals surface area contributed by atoms with Crippen molar-refractivity contribution in [2.45, 2.75) is 39.5 Å². The summed E-state index contributed by atoms with van der Waals surface area (Å²) in [6, 6.07) is 7.73. The fraction of sp³-hybridized carbons (Fsp3) is 0.500. The second-order valence-corrected chi connectivity index (χ2v) is 6.19. The maximum absolute atomic E-state index is 12.6. The molecular weight excluding hydrogens is 314 g/mol. The van der Waals surface area contributed by atoms with Gasteiger partial charge in [-0.15, -0.1) is 0 Å². The summed E-state index contributed by atoms with van der Waals surface area (Å²) in [5.41, 5.74) is 1.68. The molecular formula is C20H29N3O2. The number of fused-ring (bicyclic) bond motifs is 1. The van der Waals surface area contributed by atoms with Gasteiger partial charge in [0.2, 0.25) is 5.91 Å².